The van der Waals surface area contributed by atoms with Gasteiger partial charge in [-0.25, -0.2) is 0 Å². The van der Waals surface area contributed by atoms with Crippen molar-refractivity contribution in [2.75, 3.05) is 0 Å². The lowest BCUT2D eigenvalue weighted by atomic mass is 10.0. The Labute approximate surface area is 119 Å². The molecule has 0 saturated carbocycles. The summed E-state index contributed by atoms with van der Waals surface area (Å²) < 4.78 is 0. The van der Waals surface area contributed by atoms with Crippen LogP contribution in [-0.2, 0) is 11.2 Å². The summed E-state index contributed by atoms with van der Waals surface area (Å²) in [6, 6.07) is 19.3. The molecule has 20 heavy (non-hydrogen) atoms. The number of hydrogen-bond acceptors (Lipinski definition) is 1. The molecule has 1 atom stereocenters. The van der Waals surface area contributed by atoms with Gasteiger partial charge in [0, 0.05) is 6.42 Å². The Balaban J connectivity index is 2.02. The van der Waals surface area contributed by atoms with Gasteiger partial charge in [0.1, 0.15) is 0 Å². The van der Waals surface area contributed by atoms with Gasteiger partial charge in [-0.05, 0) is 11.1 Å². The largest absolute Gasteiger partial charge is 0.348 e. The number of carbonyl (C=O) groups is 1. The first-order valence-corrected chi connectivity index (χ1v) is 6.61. The van der Waals surface area contributed by atoms with Gasteiger partial charge in [0.05, 0.1) is 12.5 Å². The molecule has 2 heteroatoms. The molecular weight excluding hydrogens is 246 g/mol. The van der Waals surface area contributed by atoms with Gasteiger partial charge in [0.15, 0.2) is 0 Å². The Bertz CT molecular complexity index is 584. The predicted molar refractivity (Wildman–Crippen MR) is 80.9 cm³/mol. The first-order chi connectivity index (χ1) is 9.79. The van der Waals surface area contributed by atoms with E-state index in [1.54, 1.807) is 0 Å². The van der Waals surface area contributed by atoms with Crippen molar-refractivity contribution in [2.24, 2.45) is 0 Å². The van der Waals surface area contributed by atoms with Crippen LogP contribution in [0.25, 0.3) is 0 Å². The molecule has 2 aromatic rings. The number of carbonyl (C=O) groups excluding carboxylic acids is 1. The third-order valence-electron chi connectivity index (χ3n) is 3.07. The zero-order chi connectivity index (χ0) is 14.2. The second-order valence-electron chi connectivity index (χ2n) is 4.60. The smallest absolute Gasteiger partial charge is 0.224 e. The molecule has 0 heterocycles. The molecule has 0 saturated heterocycles. The Kier molecular flexibility index (Phi) is 4.97. The molecule has 2 nitrogen and oxygen atoms in total. The van der Waals surface area contributed by atoms with Crippen molar-refractivity contribution in [1.82, 2.24) is 5.32 Å². The van der Waals surface area contributed by atoms with Crippen LogP contribution in [0.5, 0.6) is 0 Å². The molecule has 100 valence electrons. The summed E-state index contributed by atoms with van der Waals surface area (Å²) in [7, 11) is 0. The maximum Gasteiger partial charge on any atom is 0.224 e. The molecule has 0 aliphatic rings. The molecular formula is C18H17NO. The summed E-state index contributed by atoms with van der Waals surface area (Å²) in [6.07, 6.45) is 6.25. The van der Waals surface area contributed by atoms with Crippen LogP contribution in [0.2, 0.25) is 0 Å². The fraction of sp³-hybridized carbons (Fsp3) is 0.167. The van der Waals surface area contributed by atoms with Gasteiger partial charge in [-0.3, -0.25) is 4.79 Å². The van der Waals surface area contributed by atoms with Gasteiger partial charge < -0.3 is 5.32 Å². The van der Waals surface area contributed by atoms with Gasteiger partial charge in [0.2, 0.25) is 5.91 Å². The van der Waals surface area contributed by atoms with E-state index in [1.807, 2.05) is 60.7 Å². The van der Waals surface area contributed by atoms with Gasteiger partial charge in [-0.15, -0.1) is 12.3 Å². The van der Waals surface area contributed by atoms with Crippen LogP contribution in [0.3, 0.4) is 0 Å². The van der Waals surface area contributed by atoms with E-state index in [4.69, 9.17) is 6.42 Å². The Morgan fingerprint density at radius 2 is 1.65 bits per heavy atom. The van der Waals surface area contributed by atoms with Crippen molar-refractivity contribution < 1.29 is 4.79 Å². The molecule has 0 aliphatic heterocycles. The first kappa shape index (κ1) is 13.9. The SMILES string of the molecule is C#CC[C@H](NC(=O)Cc1ccccc1)c1ccccc1. The van der Waals surface area contributed by atoms with Crippen molar-refractivity contribution in [1.29, 1.82) is 0 Å². The summed E-state index contributed by atoms with van der Waals surface area (Å²) in [5.74, 6) is 2.61. The normalized spacial score (nSPS) is 11.3. The van der Waals surface area contributed by atoms with Gasteiger partial charge in [-0.2, -0.15) is 0 Å². The third kappa shape index (κ3) is 4.00. The number of hydrogen-bond donors (Lipinski definition) is 1. The Morgan fingerprint density at radius 1 is 1.05 bits per heavy atom. The molecule has 1 amide bonds. The molecule has 0 aliphatic carbocycles. The van der Waals surface area contributed by atoms with Crippen LogP contribution in [-0.4, -0.2) is 5.91 Å². The van der Waals surface area contributed by atoms with E-state index in [1.165, 1.54) is 0 Å². The summed E-state index contributed by atoms with van der Waals surface area (Å²) in [5.41, 5.74) is 2.03. The molecule has 0 radical (unpaired) electrons. The summed E-state index contributed by atoms with van der Waals surface area (Å²) in [6.45, 7) is 0. The van der Waals surface area contributed by atoms with Crippen molar-refractivity contribution >= 4 is 5.91 Å². The standard InChI is InChI=1S/C18H17NO/c1-2-9-17(16-12-7-4-8-13-16)19-18(20)14-15-10-5-3-6-11-15/h1,3-8,10-13,17H,9,14H2,(H,19,20)/t17-/m0/s1. The minimum absolute atomic E-state index is 0.0136. The fourth-order valence-electron chi connectivity index (χ4n) is 2.08. The molecule has 0 spiro atoms. The highest BCUT2D eigenvalue weighted by Crippen LogP contribution is 2.16. The summed E-state index contributed by atoms with van der Waals surface area (Å²) in [5, 5.41) is 3.00. The van der Waals surface area contributed by atoms with E-state index >= 15 is 0 Å². The summed E-state index contributed by atoms with van der Waals surface area (Å²) in [4.78, 5) is 12.1. The zero-order valence-electron chi connectivity index (χ0n) is 11.3. The Morgan fingerprint density at radius 3 is 2.25 bits per heavy atom. The van der Waals surface area contributed by atoms with Crippen LogP contribution in [0.1, 0.15) is 23.6 Å². The minimum atomic E-state index is -0.127. The maximum atomic E-state index is 12.1. The van der Waals surface area contributed by atoms with Gasteiger partial charge in [-0.1, -0.05) is 60.7 Å². The quantitative estimate of drug-likeness (QED) is 0.825. The van der Waals surface area contributed by atoms with Crippen molar-refractivity contribution in [3.8, 4) is 12.3 Å². The molecule has 2 aromatic carbocycles. The van der Waals surface area contributed by atoms with Crippen LogP contribution >= 0.6 is 0 Å². The number of rotatable bonds is 5. The topological polar surface area (TPSA) is 29.1 Å². The Hall–Kier alpha value is -2.53. The van der Waals surface area contributed by atoms with Gasteiger partial charge in [0.25, 0.3) is 0 Å². The van der Waals surface area contributed by atoms with Crippen LogP contribution < -0.4 is 5.32 Å². The number of terminal acetylenes is 1. The number of nitrogens with one attached hydrogen (secondary N) is 1. The first-order valence-electron chi connectivity index (χ1n) is 6.61. The molecule has 1 N–H and O–H groups in total. The fourth-order valence-corrected chi connectivity index (χ4v) is 2.08. The van der Waals surface area contributed by atoms with Crippen molar-refractivity contribution in [3.05, 3.63) is 71.8 Å². The second-order valence-corrected chi connectivity index (χ2v) is 4.60. The molecule has 2 rings (SSSR count). The lowest BCUT2D eigenvalue weighted by Crippen LogP contribution is -2.29. The van der Waals surface area contributed by atoms with Gasteiger partial charge >= 0.3 is 0 Å². The highest BCUT2D eigenvalue weighted by molar-refractivity contribution is 5.79. The van der Waals surface area contributed by atoms with Crippen LogP contribution in [0, 0.1) is 12.3 Å². The van der Waals surface area contributed by atoms with E-state index in [-0.39, 0.29) is 11.9 Å². The van der Waals surface area contributed by atoms with Crippen molar-refractivity contribution in [2.45, 2.75) is 18.9 Å². The van der Waals surface area contributed by atoms with E-state index in [9.17, 15) is 4.79 Å². The van der Waals surface area contributed by atoms with E-state index in [0.29, 0.717) is 12.8 Å². The average Bonchev–Trinajstić information content (AvgIpc) is 2.49. The van der Waals surface area contributed by atoms with E-state index in [0.717, 1.165) is 11.1 Å². The molecule has 0 fully saturated rings. The zero-order valence-corrected chi connectivity index (χ0v) is 11.3. The molecule has 0 aromatic heterocycles. The highest BCUT2D eigenvalue weighted by atomic mass is 16.1. The lowest BCUT2D eigenvalue weighted by molar-refractivity contribution is -0.121. The molecule has 0 unspecified atom stereocenters. The lowest BCUT2D eigenvalue weighted by Gasteiger charge is -2.17. The van der Waals surface area contributed by atoms with Crippen LogP contribution in [0.15, 0.2) is 60.7 Å². The highest BCUT2D eigenvalue weighted by Gasteiger charge is 2.13. The van der Waals surface area contributed by atoms with Crippen LogP contribution in [0.4, 0.5) is 0 Å². The van der Waals surface area contributed by atoms with E-state index < -0.39 is 0 Å². The second kappa shape index (κ2) is 7.16. The number of benzene rings is 2. The molecule has 0 bridgehead atoms. The minimum Gasteiger partial charge on any atom is -0.348 e. The van der Waals surface area contributed by atoms with Crippen molar-refractivity contribution in [3.63, 3.8) is 0 Å². The average molecular weight is 263 g/mol. The summed E-state index contributed by atoms with van der Waals surface area (Å²) >= 11 is 0. The number of amides is 1. The third-order valence-corrected chi connectivity index (χ3v) is 3.07. The predicted octanol–water partition coefficient (Wildman–Crippen LogP) is 3.11. The monoisotopic (exact) mass is 263 g/mol. The maximum absolute atomic E-state index is 12.1. The van der Waals surface area contributed by atoms with E-state index in [2.05, 4.69) is 11.2 Å².